The fourth-order valence-corrected chi connectivity index (χ4v) is 0. The molecule has 0 aromatic heterocycles. The first-order valence-corrected chi connectivity index (χ1v) is 6.57. The first-order chi connectivity index (χ1) is 2.73. The second-order valence-corrected chi connectivity index (χ2v) is 0.283. The number of carbonyl (C=O) groups is 1. The number of rotatable bonds is 0. The van der Waals surface area contributed by atoms with Crippen LogP contribution in [0.4, 0.5) is 4.79 Å². The second kappa shape index (κ2) is 9.42. The fourth-order valence-electron chi connectivity index (χ4n) is 0. The van der Waals surface area contributed by atoms with Crippen LogP contribution in [-0.2, 0) is 0 Å². The minimum atomic E-state index is -1.83. The quantitative estimate of drug-likeness (QED) is 0.543. The van der Waals surface area contributed by atoms with Gasteiger partial charge in [-0.3, -0.25) is 0 Å². The van der Waals surface area contributed by atoms with Gasteiger partial charge in [0.05, 0.1) is 0 Å². The Hall–Kier alpha value is 1.08. The van der Waals surface area contributed by atoms with Crippen LogP contribution >= 0.6 is 0 Å². The van der Waals surface area contributed by atoms with Gasteiger partial charge < -0.3 is 10.2 Å². The van der Waals surface area contributed by atoms with E-state index in [4.69, 9.17) is 15.0 Å². The Morgan fingerprint density at radius 3 is 1.50 bits per heavy atom. The summed E-state index contributed by atoms with van der Waals surface area (Å²) in [6, 6.07) is 0. The third-order valence-corrected chi connectivity index (χ3v) is 0. The standard InChI is InChI=1S/CH2O3.CH3.Rb/c2-1(3)4;;/h(H2,2,3,4);1H3;. The molecular weight excluding hydrogens is 157 g/mol. The third kappa shape index (κ3) is 72.9. The molecule has 6 heavy (non-hydrogen) atoms. The van der Waals surface area contributed by atoms with E-state index in [1.54, 1.807) is 0 Å². The van der Waals surface area contributed by atoms with Crippen LogP contribution in [0.5, 0.6) is 0 Å². The minimum absolute atomic E-state index is 0.950. The van der Waals surface area contributed by atoms with E-state index in [1.807, 2.05) is 0 Å². The van der Waals surface area contributed by atoms with E-state index in [1.165, 1.54) is 0 Å². The van der Waals surface area contributed by atoms with Gasteiger partial charge in [-0.15, -0.1) is 0 Å². The van der Waals surface area contributed by atoms with Gasteiger partial charge in [0.25, 0.3) is 0 Å². The fraction of sp³-hybridized carbons (Fsp3) is 0.500. The zero-order valence-electron chi connectivity index (χ0n) is 3.80. The summed E-state index contributed by atoms with van der Waals surface area (Å²) in [7, 11) is 0. The van der Waals surface area contributed by atoms with Crippen molar-refractivity contribution in [3.8, 4) is 0 Å². The SMILES string of the molecule is O=C(O)O.[CH3][Rb]. The molecule has 0 aromatic carbocycles. The molecule has 0 aromatic rings. The van der Waals surface area contributed by atoms with E-state index >= 15 is 0 Å². The molecule has 0 aliphatic carbocycles. The first kappa shape index (κ1) is 10.1. The van der Waals surface area contributed by atoms with Gasteiger partial charge in [0.1, 0.15) is 0 Å². The molecule has 0 radical (unpaired) electrons. The van der Waals surface area contributed by atoms with Crippen molar-refractivity contribution in [2.24, 2.45) is 0 Å². The van der Waals surface area contributed by atoms with Crippen LogP contribution in [0.2, 0.25) is -0.00761 Å². The Kier molecular flexibility index (Phi) is 15.9. The number of carboxylic acid groups (broad SMARTS) is 2. The van der Waals surface area contributed by atoms with Crippen LogP contribution in [0.1, 0.15) is 0 Å². The zero-order valence-corrected chi connectivity index (χ0v) is 8.72. The van der Waals surface area contributed by atoms with Crippen molar-refractivity contribution in [1.29, 1.82) is 0 Å². The zero-order chi connectivity index (χ0) is 5.58. The van der Waals surface area contributed by atoms with Crippen LogP contribution in [0.3, 0.4) is 0 Å². The average Bonchev–Trinajstić information content (AvgIpc) is 1.41. The maximum absolute atomic E-state index is 8.56. The maximum atomic E-state index is 8.56. The van der Waals surface area contributed by atoms with Crippen molar-refractivity contribution in [2.45, 2.75) is -0.00761 Å². The van der Waals surface area contributed by atoms with E-state index in [9.17, 15) is 0 Å². The molecule has 4 heteroatoms. The Morgan fingerprint density at radius 1 is 1.50 bits per heavy atom. The molecule has 0 unspecified atom stereocenters. The summed E-state index contributed by atoms with van der Waals surface area (Å²) in [5.41, 5.74) is 0. The topological polar surface area (TPSA) is 57.5 Å². The summed E-state index contributed by atoms with van der Waals surface area (Å²) in [6.45, 7) is 0. The summed E-state index contributed by atoms with van der Waals surface area (Å²) < 4.78 is 2.21. The second-order valence-electron chi connectivity index (χ2n) is 0.283. The number of hydrogen-bond donors (Lipinski definition) is 2. The van der Waals surface area contributed by atoms with E-state index in [0.717, 1.165) is 55.5 Å². The molecule has 0 aliphatic heterocycles. The molecule has 0 aliphatic rings. The molecule has 0 amide bonds. The summed E-state index contributed by atoms with van der Waals surface area (Å²) in [5.74, 6) is 0. The van der Waals surface area contributed by atoms with E-state index in [2.05, 4.69) is -0.00761 Å². The predicted octanol–water partition coefficient (Wildman–Crippen LogP) is 0.425. The van der Waals surface area contributed by atoms with Crippen LogP contribution in [0.25, 0.3) is 0 Å². The molecule has 3 nitrogen and oxygen atoms in total. The Balaban J connectivity index is 0. The Labute approximate surface area is 75.1 Å². The van der Waals surface area contributed by atoms with E-state index in [-0.39, 0.29) is 0 Å². The molecule has 0 bridgehead atoms. The van der Waals surface area contributed by atoms with Gasteiger partial charge >= 0.3 is 61.7 Å². The normalized spacial score (nSPS) is 5.17. The summed E-state index contributed by atoms with van der Waals surface area (Å²) in [5, 5.41) is 13.9. The summed E-state index contributed by atoms with van der Waals surface area (Å²) in [6.07, 6.45) is -1.83. The van der Waals surface area contributed by atoms with Gasteiger partial charge in [0.2, 0.25) is 0 Å². The average molecular weight is 163 g/mol. The Bertz CT molecular complexity index is 31.8. The van der Waals surface area contributed by atoms with Crippen LogP contribution in [-0.4, -0.2) is 71.9 Å². The molecular formula is C2H5O3Rb. The van der Waals surface area contributed by atoms with E-state index < -0.39 is 6.16 Å². The van der Waals surface area contributed by atoms with Crippen LogP contribution in [0, 0.1) is 0 Å². The molecule has 2 N–H and O–H groups in total. The summed E-state index contributed by atoms with van der Waals surface area (Å²) >= 11 is 0.950. The third-order valence-electron chi connectivity index (χ3n) is 0. The van der Waals surface area contributed by atoms with Gasteiger partial charge in [-0.2, -0.15) is 0 Å². The van der Waals surface area contributed by atoms with Gasteiger partial charge in [0.15, 0.2) is 0 Å². The van der Waals surface area contributed by atoms with Crippen molar-refractivity contribution in [2.75, 3.05) is 0 Å². The number of hydrogen-bond acceptors (Lipinski definition) is 1. The predicted molar refractivity (Wildman–Crippen MR) is 22.3 cm³/mol. The molecule has 0 spiro atoms. The Morgan fingerprint density at radius 2 is 1.50 bits per heavy atom. The molecule has 0 fully saturated rings. The monoisotopic (exact) mass is 162 g/mol. The van der Waals surface area contributed by atoms with Crippen molar-refractivity contribution in [1.82, 2.24) is 0 Å². The van der Waals surface area contributed by atoms with Gasteiger partial charge in [-0.25, -0.2) is 4.79 Å². The molecule has 0 saturated carbocycles. The van der Waals surface area contributed by atoms with Crippen molar-refractivity contribution in [3.05, 3.63) is 0 Å². The molecule has 0 saturated heterocycles. The molecule has 0 heterocycles. The van der Waals surface area contributed by atoms with Gasteiger partial charge in [-0.05, 0) is 0 Å². The van der Waals surface area contributed by atoms with Crippen LogP contribution in [0.15, 0.2) is 0 Å². The van der Waals surface area contributed by atoms with Gasteiger partial charge in [0, 0.05) is 0 Å². The van der Waals surface area contributed by atoms with Gasteiger partial charge in [-0.1, -0.05) is 0 Å². The molecule has 0 atom stereocenters. The van der Waals surface area contributed by atoms with Crippen molar-refractivity contribution < 1.29 is 15.0 Å². The molecule has 32 valence electrons. The van der Waals surface area contributed by atoms with Crippen molar-refractivity contribution in [3.63, 3.8) is 0 Å². The van der Waals surface area contributed by atoms with Crippen LogP contribution < -0.4 is 0 Å². The van der Waals surface area contributed by atoms with E-state index in [0.29, 0.717) is 0 Å². The first-order valence-electron chi connectivity index (χ1n) is 1.65. The van der Waals surface area contributed by atoms with Crippen molar-refractivity contribution >= 4 is 61.7 Å². The molecule has 0 rings (SSSR count). The summed E-state index contributed by atoms with van der Waals surface area (Å²) in [4.78, 5) is 8.56.